The molecule has 0 aliphatic heterocycles. The molecule has 4 heteroatoms. The van der Waals surface area contributed by atoms with E-state index < -0.39 is 0 Å². The summed E-state index contributed by atoms with van der Waals surface area (Å²) in [4.78, 5) is 11.6. The van der Waals surface area contributed by atoms with E-state index in [0.717, 1.165) is 11.3 Å². The third-order valence-corrected chi connectivity index (χ3v) is 2.73. The number of ether oxygens (including phenoxy) is 2. The predicted molar refractivity (Wildman–Crippen MR) is 69.4 cm³/mol. The Morgan fingerprint density at radius 1 is 1.11 bits per heavy atom. The maximum Gasteiger partial charge on any atom is 0.250 e. The van der Waals surface area contributed by atoms with Crippen LogP contribution in [0.25, 0.3) is 0 Å². The number of hydrogen-bond acceptors (Lipinski definition) is 3. The summed E-state index contributed by atoms with van der Waals surface area (Å²) in [6.45, 7) is 0.479. The lowest BCUT2D eigenvalue weighted by Gasteiger charge is -2.11. The maximum absolute atomic E-state index is 11.6. The van der Waals surface area contributed by atoms with E-state index in [9.17, 15) is 4.79 Å². The molecule has 0 N–H and O–H groups in total. The molecule has 1 aromatic carbocycles. The van der Waals surface area contributed by atoms with Crippen molar-refractivity contribution < 1.29 is 9.47 Å². The van der Waals surface area contributed by atoms with Gasteiger partial charge in [-0.15, -0.1) is 0 Å². The van der Waals surface area contributed by atoms with Crippen LogP contribution in [0, 0.1) is 0 Å². The number of pyridine rings is 1. The molecule has 0 aliphatic carbocycles. The zero-order chi connectivity index (χ0) is 13.0. The third kappa shape index (κ3) is 2.53. The van der Waals surface area contributed by atoms with Gasteiger partial charge in [-0.2, -0.15) is 0 Å². The third-order valence-electron chi connectivity index (χ3n) is 2.73. The summed E-state index contributed by atoms with van der Waals surface area (Å²) in [6, 6.07) is 10.7. The summed E-state index contributed by atoms with van der Waals surface area (Å²) in [5, 5.41) is 0. The smallest absolute Gasteiger partial charge is 0.250 e. The number of methoxy groups -OCH3 is 2. The van der Waals surface area contributed by atoms with Crippen molar-refractivity contribution in [3.05, 3.63) is 58.5 Å². The van der Waals surface area contributed by atoms with Crippen LogP contribution in [0.5, 0.6) is 11.5 Å². The molecule has 0 bridgehead atoms. The van der Waals surface area contributed by atoms with Crippen molar-refractivity contribution in [3.63, 3.8) is 0 Å². The van der Waals surface area contributed by atoms with E-state index in [1.54, 1.807) is 31.0 Å². The zero-order valence-corrected chi connectivity index (χ0v) is 10.4. The number of nitrogens with zero attached hydrogens (tertiary/aromatic N) is 1. The molecule has 1 heterocycles. The summed E-state index contributed by atoms with van der Waals surface area (Å²) in [7, 11) is 3.21. The molecule has 2 aromatic rings. The Hall–Kier alpha value is -2.23. The first-order chi connectivity index (χ1) is 8.74. The van der Waals surface area contributed by atoms with E-state index in [4.69, 9.17) is 9.47 Å². The fourth-order valence-electron chi connectivity index (χ4n) is 1.76. The van der Waals surface area contributed by atoms with Gasteiger partial charge in [-0.25, -0.2) is 0 Å². The zero-order valence-electron chi connectivity index (χ0n) is 10.4. The lowest BCUT2D eigenvalue weighted by Crippen LogP contribution is -2.18. The highest BCUT2D eigenvalue weighted by atomic mass is 16.5. The second-order valence-corrected chi connectivity index (χ2v) is 3.84. The average molecular weight is 245 g/mol. The Bertz CT molecular complexity index is 590. The number of benzene rings is 1. The van der Waals surface area contributed by atoms with Gasteiger partial charge in [-0.3, -0.25) is 4.79 Å². The van der Waals surface area contributed by atoms with Crippen LogP contribution < -0.4 is 15.0 Å². The van der Waals surface area contributed by atoms with Gasteiger partial charge in [0.25, 0.3) is 5.56 Å². The molecule has 94 valence electrons. The molecule has 0 radical (unpaired) electrons. The van der Waals surface area contributed by atoms with Gasteiger partial charge in [0.1, 0.15) is 11.5 Å². The van der Waals surface area contributed by atoms with Crippen LogP contribution in [-0.4, -0.2) is 18.8 Å². The van der Waals surface area contributed by atoms with E-state index in [1.807, 2.05) is 24.3 Å². The molecule has 0 amide bonds. The highest BCUT2D eigenvalue weighted by Gasteiger charge is 2.06. The first-order valence-electron chi connectivity index (χ1n) is 5.61. The van der Waals surface area contributed by atoms with Gasteiger partial charge in [-0.05, 0) is 18.2 Å². The summed E-state index contributed by atoms with van der Waals surface area (Å²) in [5.41, 5.74) is 0.905. The molecule has 1 aromatic heterocycles. The standard InChI is InChI=1S/C14H15NO3/c1-17-12-7-6-11(13(9-12)18-2)10-15-8-4-3-5-14(15)16/h3-9H,10H2,1-2H3. The quantitative estimate of drug-likeness (QED) is 0.826. The fourth-order valence-corrected chi connectivity index (χ4v) is 1.76. The van der Waals surface area contributed by atoms with E-state index in [0.29, 0.717) is 12.3 Å². The summed E-state index contributed by atoms with van der Waals surface area (Å²) >= 11 is 0. The van der Waals surface area contributed by atoms with Crippen LogP contribution in [0.3, 0.4) is 0 Å². The molecule has 0 aliphatic rings. The van der Waals surface area contributed by atoms with Gasteiger partial charge < -0.3 is 14.0 Å². The number of aromatic nitrogens is 1. The van der Waals surface area contributed by atoms with Crippen LogP contribution in [-0.2, 0) is 6.54 Å². The summed E-state index contributed by atoms with van der Waals surface area (Å²) in [5.74, 6) is 1.45. The van der Waals surface area contributed by atoms with Crippen molar-refractivity contribution in [2.24, 2.45) is 0 Å². The number of rotatable bonds is 4. The van der Waals surface area contributed by atoms with E-state index in [1.165, 1.54) is 6.07 Å². The van der Waals surface area contributed by atoms with Gasteiger partial charge in [0.2, 0.25) is 0 Å². The van der Waals surface area contributed by atoms with Crippen molar-refractivity contribution in [2.75, 3.05) is 14.2 Å². The molecule has 0 saturated carbocycles. The Balaban J connectivity index is 2.35. The molecular weight excluding hydrogens is 230 g/mol. The van der Waals surface area contributed by atoms with Crippen molar-refractivity contribution >= 4 is 0 Å². The van der Waals surface area contributed by atoms with Crippen molar-refractivity contribution in [1.82, 2.24) is 4.57 Å². The van der Waals surface area contributed by atoms with E-state index >= 15 is 0 Å². The molecule has 4 nitrogen and oxygen atoms in total. The van der Waals surface area contributed by atoms with Crippen molar-refractivity contribution in [3.8, 4) is 11.5 Å². The lowest BCUT2D eigenvalue weighted by molar-refractivity contribution is 0.390. The lowest BCUT2D eigenvalue weighted by atomic mass is 10.2. The largest absolute Gasteiger partial charge is 0.497 e. The van der Waals surface area contributed by atoms with Crippen LogP contribution in [0.15, 0.2) is 47.4 Å². The average Bonchev–Trinajstić information content (AvgIpc) is 2.41. The van der Waals surface area contributed by atoms with Crippen molar-refractivity contribution in [2.45, 2.75) is 6.54 Å². The number of hydrogen-bond donors (Lipinski definition) is 0. The summed E-state index contributed by atoms with van der Waals surface area (Å²) in [6.07, 6.45) is 1.76. The molecule has 0 saturated heterocycles. The maximum atomic E-state index is 11.6. The predicted octanol–water partition coefficient (Wildman–Crippen LogP) is 1.91. The van der Waals surface area contributed by atoms with Crippen LogP contribution in [0.2, 0.25) is 0 Å². The minimum absolute atomic E-state index is 0.0321. The molecule has 0 spiro atoms. The van der Waals surface area contributed by atoms with Gasteiger partial charge >= 0.3 is 0 Å². The van der Waals surface area contributed by atoms with E-state index in [-0.39, 0.29) is 5.56 Å². The Morgan fingerprint density at radius 2 is 1.94 bits per heavy atom. The monoisotopic (exact) mass is 245 g/mol. The topological polar surface area (TPSA) is 40.5 Å². The highest BCUT2D eigenvalue weighted by molar-refractivity contribution is 5.40. The molecule has 2 rings (SSSR count). The molecule has 0 unspecified atom stereocenters. The Kier molecular flexibility index (Phi) is 3.67. The molecule has 0 atom stereocenters. The molecule has 18 heavy (non-hydrogen) atoms. The van der Waals surface area contributed by atoms with Crippen LogP contribution >= 0.6 is 0 Å². The van der Waals surface area contributed by atoms with Gasteiger partial charge in [-0.1, -0.05) is 6.07 Å². The first kappa shape index (κ1) is 12.2. The Labute approximate surface area is 105 Å². The van der Waals surface area contributed by atoms with Crippen molar-refractivity contribution in [1.29, 1.82) is 0 Å². The molecule has 0 fully saturated rings. The first-order valence-corrected chi connectivity index (χ1v) is 5.61. The van der Waals surface area contributed by atoms with Gasteiger partial charge in [0.15, 0.2) is 0 Å². The SMILES string of the molecule is COc1ccc(Cn2ccccc2=O)c(OC)c1. The minimum Gasteiger partial charge on any atom is -0.497 e. The second-order valence-electron chi connectivity index (χ2n) is 3.84. The fraction of sp³-hybridized carbons (Fsp3) is 0.214. The van der Waals surface area contributed by atoms with Crippen LogP contribution in [0.1, 0.15) is 5.56 Å². The van der Waals surface area contributed by atoms with Gasteiger partial charge in [0, 0.05) is 23.9 Å². The molecular formula is C14H15NO3. The summed E-state index contributed by atoms with van der Waals surface area (Å²) < 4.78 is 12.1. The Morgan fingerprint density at radius 3 is 2.61 bits per heavy atom. The second kappa shape index (κ2) is 5.40. The minimum atomic E-state index is -0.0321. The van der Waals surface area contributed by atoms with E-state index in [2.05, 4.69) is 0 Å². The highest BCUT2D eigenvalue weighted by Crippen LogP contribution is 2.24. The van der Waals surface area contributed by atoms with Crippen LogP contribution in [0.4, 0.5) is 0 Å². The van der Waals surface area contributed by atoms with Gasteiger partial charge in [0.05, 0.1) is 20.8 Å². The normalized spacial score (nSPS) is 10.1.